The second-order valence-electron chi connectivity index (χ2n) is 23.8. The first-order valence-corrected chi connectivity index (χ1v) is 35.4. The predicted molar refractivity (Wildman–Crippen MR) is 353 cm³/mol. The maximum absolute atomic E-state index is 13.0. The van der Waals surface area contributed by atoms with Crippen LogP contribution in [0.1, 0.15) is 367 Å². The highest BCUT2D eigenvalue weighted by atomic mass is 16.6. The number of esters is 3. The van der Waals surface area contributed by atoms with Crippen LogP contribution in [-0.2, 0) is 28.6 Å². The minimum absolute atomic E-state index is 0.0776. The summed E-state index contributed by atoms with van der Waals surface area (Å²) in [6, 6.07) is 0. The first kappa shape index (κ1) is 77.9. The lowest BCUT2D eigenvalue weighted by molar-refractivity contribution is -0.167. The minimum Gasteiger partial charge on any atom is -0.462 e. The van der Waals surface area contributed by atoms with Gasteiger partial charge in [0, 0.05) is 19.3 Å². The van der Waals surface area contributed by atoms with Gasteiger partial charge in [-0.25, -0.2) is 0 Å². The Labute approximate surface area is 503 Å². The van der Waals surface area contributed by atoms with Crippen LogP contribution in [0.5, 0.6) is 0 Å². The highest BCUT2D eigenvalue weighted by Gasteiger charge is 2.19. The average molecular weight is 1130 g/mol. The molecule has 0 rings (SSSR count). The molecule has 0 aliphatic rings. The molecule has 81 heavy (non-hydrogen) atoms. The Morgan fingerprint density at radius 1 is 0.259 bits per heavy atom. The van der Waals surface area contributed by atoms with Gasteiger partial charge in [-0.1, -0.05) is 331 Å². The molecule has 0 N–H and O–H groups in total. The quantitative estimate of drug-likeness (QED) is 0.0261. The van der Waals surface area contributed by atoms with Gasteiger partial charge in [-0.2, -0.15) is 0 Å². The number of ether oxygens (including phenoxy) is 3. The van der Waals surface area contributed by atoms with E-state index in [-0.39, 0.29) is 31.1 Å². The molecule has 470 valence electrons. The summed E-state index contributed by atoms with van der Waals surface area (Å²) in [5, 5.41) is 0. The SMILES string of the molecule is CC/C=C\C/C=C\C/C=C\C/C=C\CCCCCCCCC(=O)OCC(COC(=O)CCCCCCCCCCCCC/C=C\C/C=C\CCCCCCC)OC(=O)CCCCCCCCCCCCCCCCCCCCCCC. The summed E-state index contributed by atoms with van der Waals surface area (Å²) in [4.78, 5) is 38.5. The number of hydrogen-bond donors (Lipinski definition) is 0. The summed E-state index contributed by atoms with van der Waals surface area (Å²) in [5.74, 6) is -0.870. The van der Waals surface area contributed by atoms with E-state index < -0.39 is 6.10 Å². The maximum Gasteiger partial charge on any atom is 0.306 e. The molecule has 0 amide bonds. The topological polar surface area (TPSA) is 78.9 Å². The van der Waals surface area contributed by atoms with E-state index in [0.717, 1.165) is 96.3 Å². The normalized spacial score (nSPS) is 12.5. The third kappa shape index (κ3) is 67.5. The van der Waals surface area contributed by atoms with Crippen LogP contribution < -0.4 is 0 Å². The van der Waals surface area contributed by atoms with Gasteiger partial charge in [0.2, 0.25) is 0 Å². The van der Waals surface area contributed by atoms with Gasteiger partial charge >= 0.3 is 17.9 Å². The molecule has 0 radical (unpaired) electrons. The second kappa shape index (κ2) is 69.3. The Bertz CT molecular complexity index is 1490. The van der Waals surface area contributed by atoms with Gasteiger partial charge in [0.15, 0.2) is 6.10 Å². The molecular formula is C75H134O6. The zero-order chi connectivity index (χ0) is 58.5. The van der Waals surface area contributed by atoms with E-state index in [1.165, 1.54) is 231 Å². The number of rotatable bonds is 65. The molecular weight excluding hydrogens is 997 g/mol. The molecule has 0 bridgehead atoms. The molecule has 0 aliphatic heterocycles. The monoisotopic (exact) mass is 1130 g/mol. The van der Waals surface area contributed by atoms with Crippen molar-refractivity contribution in [1.29, 1.82) is 0 Å². The van der Waals surface area contributed by atoms with Crippen LogP contribution in [0.4, 0.5) is 0 Å². The van der Waals surface area contributed by atoms with Crippen LogP contribution in [0.3, 0.4) is 0 Å². The van der Waals surface area contributed by atoms with E-state index in [1.54, 1.807) is 0 Å². The summed E-state index contributed by atoms with van der Waals surface area (Å²) >= 11 is 0. The molecule has 0 spiro atoms. The van der Waals surface area contributed by atoms with E-state index >= 15 is 0 Å². The van der Waals surface area contributed by atoms with Gasteiger partial charge in [-0.05, 0) is 89.9 Å². The molecule has 0 aromatic rings. The fraction of sp³-hybridized carbons (Fsp3) is 0.800. The van der Waals surface area contributed by atoms with Gasteiger partial charge in [0.1, 0.15) is 13.2 Å². The van der Waals surface area contributed by atoms with Crippen LogP contribution in [0, 0.1) is 0 Å². The summed E-state index contributed by atoms with van der Waals surface area (Å²) < 4.78 is 17.0. The number of hydrogen-bond acceptors (Lipinski definition) is 6. The van der Waals surface area contributed by atoms with Gasteiger partial charge in [-0.15, -0.1) is 0 Å². The lowest BCUT2D eigenvalue weighted by Gasteiger charge is -2.18. The molecule has 0 heterocycles. The van der Waals surface area contributed by atoms with Gasteiger partial charge in [0.05, 0.1) is 0 Å². The third-order valence-corrected chi connectivity index (χ3v) is 15.7. The van der Waals surface area contributed by atoms with Crippen LogP contribution in [0.15, 0.2) is 72.9 Å². The van der Waals surface area contributed by atoms with Crippen LogP contribution in [0.2, 0.25) is 0 Å². The Kier molecular flexibility index (Phi) is 66.6. The highest BCUT2D eigenvalue weighted by molar-refractivity contribution is 5.71. The van der Waals surface area contributed by atoms with E-state index in [1.807, 2.05) is 0 Å². The summed E-state index contributed by atoms with van der Waals surface area (Å²) in [7, 11) is 0. The zero-order valence-electron chi connectivity index (χ0n) is 54.1. The minimum atomic E-state index is -0.783. The molecule has 0 aromatic heterocycles. The Morgan fingerprint density at radius 3 is 0.753 bits per heavy atom. The lowest BCUT2D eigenvalue weighted by atomic mass is 10.0. The molecule has 0 fully saturated rings. The van der Waals surface area contributed by atoms with E-state index in [9.17, 15) is 14.4 Å². The first-order chi connectivity index (χ1) is 40.0. The van der Waals surface area contributed by atoms with Crippen molar-refractivity contribution >= 4 is 17.9 Å². The third-order valence-electron chi connectivity index (χ3n) is 15.7. The largest absolute Gasteiger partial charge is 0.462 e. The molecule has 0 saturated carbocycles. The molecule has 1 atom stereocenters. The Balaban J connectivity index is 4.36. The predicted octanol–water partition coefficient (Wildman–Crippen LogP) is 24.4. The van der Waals surface area contributed by atoms with Crippen molar-refractivity contribution in [3.63, 3.8) is 0 Å². The van der Waals surface area contributed by atoms with Crippen molar-refractivity contribution in [3.05, 3.63) is 72.9 Å². The molecule has 0 aromatic carbocycles. The average Bonchev–Trinajstić information content (AvgIpc) is 3.47. The van der Waals surface area contributed by atoms with Crippen LogP contribution in [0.25, 0.3) is 0 Å². The summed E-state index contributed by atoms with van der Waals surface area (Å²) in [6.07, 6.45) is 90.6. The second-order valence-corrected chi connectivity index (χ2v) is 23.8. The fourth-order valence-electron chi connectivity index (χ4n) is 10.4. The van der Waals surface area contributed by atoms with Crippen molar-refractivity contribution in [3.8, 4) is 0 Å². The maximum atomic E-state index is 13.0. The van der Waals surface area contributed by atoms with E-state index in [4.69, 9.17) is 14.2 Å². The number of carbonyl (C=O) groups is 3. The number of unbranched alkanes of at least 4 members (excludes halogenated alkanes) is 42. The summed E-state index contributed by atoms with van der Waals surface area (Å²) in [6.45, 7) is 6.57. The molecule has 0 aliphatic carbocycles. The smallest absolute Gasteiger partial charge is 0.306 e. The molecule has 1 unspecified atom stereocenters. The molecule has 0 saturated heterocycles. The molecule has 6 nitrogen and oxygen atoms in total. The Hall–Kier alpha value is -3.15. The van der Waals surface area contributed by atoms with Gasteiger partial charge in [-0.3, -0.25) is 14.4 Å². The van der Waals surface area contributed by atoms with Crippen molar-refractivity contribution < 1.29 is 28.6 Å². The zero-order valence-corrected chi connectivity index (χ0v) is 54.1. The Morgan fingerprint density at radius 2 is 0.481 bits per heavy atom. The molecule has 6 heteroatoms. The first-order valence-electron chi connectivity index (χ1n) is 35.4. The van der Waals surface area contributed by atoms with Crippen molar-refractivity contribution in [2.75, 3.05) is 13.2 Å². The van der Waals surface area contributed by atoms with Crippen molar-refractivity contribution in [1.82, 2.24) is 0 Å². The number of carbonyl (C=O) groups excluding carboxylic acids is 3. The highest BCUT2D eigenvalue weighted by Crippen LogP contribution is 2.18. The van der Waals surface area contributed by atoms with Crippen molar-refractivity contribution in [2.45, 2.75) is 374 Å². The van der Waals surface area contributed by atoms with Gasteiger partial charge < -0.3 is 14.2 Å². The lowest BCUT2D eigenvalue weighted by Crippen LogP contribution is -2.30. The van der Waals surface area contributed by atoms with Crippen LogP contribution in [-0.4, -0.2) is 37.2 Å². The number of allylic oxidation sites excluding steroid dienone is 12. The van der Waals surface area contributed by atoms with E-state index in [0.29, 0.717) is 19.3 Å². The standard InChI is InChI=1S/C75H134O6/c1-4-7-10-13-16-19-22-25-28-31-34-36-37-39-41-44-47-50-53-56-59-62-65-68-74(77)80-71-72(70-79-73(76)67-64-61-58-55-52-49-46-43-40-33-30-27-24-21-18-15-12-9-6-3)81-75(78)69-66-63-60-57-54-51-48-45-42-38-35-32-29-26-23-20-17-14-11-8-5-2/h9,12,18,21-22,25,27,30-31,34,40,43,72H,4-8,10-11,13-17,19-20,23-24,26,28-29,32-33,35-39,41-42,44-71H2,1-3H3/b12-9-,21-18-,25-22-,30-27-,34-31-,43-40-. The van der Waals surface area contributed by atoms with Crippen LogP contribution >= 0.6 is 0 Å². The van der Waals surface area contributed by atoms with Crippen molar-refractivity contribution in [2.24, 2.45) is 0 Å². The van der Waals surface area contributed by atoms with Gasteiger partial charge in [0.25, 0.3) is 0 Å². The van der Waals surface area contributed by atoms with E-state index in [2.05, 4.69) is 93.7 Å². The summed E-state index contributed by atoms with van der Waals surface area (Å²) in [5.41, 5.74) is 0. The fourth-order valence-corrected chi connectivity index (χ4v) is 10.4.